The van der Waals surface area contributed by atoms with Crippen molar-refractivity contribution in [1.82, 2.24) is 9.80 Å². The van der Waals surface area contributed by atoms with Crippen LogP contribution in [0, 0.1) is 5.92 Å². The van der Waals surface area contributed by atoms with Crippen molar-refractivity contribution in [3.63, 3.8) is 0 Å². The Morgan fingerprint density at radius 1 is 1.27 bits per heavy atom. The van der Waals surface area contributed by atoms with Crippen LogP contribution in [-0.4, -0.2) is 69.2 Å². The summed E-state index contributed by atoms with van der Waals surface area (Å²) >= 11 is 0. The van der Waals surface area contributed by atoms with Crippen molar-refractivity contribution in [3.8, 4) is 5.75 Å². The zero-order valence-electron chi connectivity index (χ0n) is 17.1. The standard InChI is InChI=1S/C18H18N4O7.Na.H/c19-17(27)29-7-9-5-8-6-21(18(28)20-10-1-3-11(23)4-2-10)14-12(8)22(15(14)24)13(9)16(25)26;;/h1-4,8,12,14,23H,5-7H2,(H2,19,27)(H,20,28)(H,25,26);;/q;+1;-1/t8-,12-,14+;;/m1../s1. The van der Waals surface area contributed by atoms with Crippen LogP contribution in [0.15, 0.2) is 35.5 Å². The number of ether oxygens (including phenoxy) is 1. The number of phenols is 1. The minimum atomic E-state index is -1.30. The molecule has 0 bridgehead atoms. The molecule has 5 N–H and O–H groups in total. The Bertz CT molecular complexity index is 955. The maximum Gasteiger partial charge on any atom is 1.00 e. The molecule has 0 unspecified atom stereocenters. The van der Waals surface area contributed by atoms with Gasteiger partial charge in [-0.3, -0.25) is 9.69 Å². The van der Waals surface area contributed by atoms with Crippen LogP contribution < -0.4 is 40.6 Å². The number of likely N-dealkylation sites (tertiary alicyclic amines) is 1. The van der Waals surface area contributed by atoms with E-state index in [4.69, 9.17) is 10.5 Å². The molecule has 1 aromatic rings. The molecule has 3 aliphatic rings. The second-order valence-electron chi connectivity index (χ2n) is 7.10. The molecule has 0 saturated carbocycles. The summed E-state index contributed by atoms with van der Waals surface area (Å²) in [6.07, 6.45) is -0.776. The van der Waals surface area contributed by atoms with E-state index in [1.54, 1.807) is 0 Å². The van der Waals surface area contributed by atoms with Gasteiger partial charge in [-0.1, -0.05) is 0 Å². The SMILES string of the molecule is NC(=O)OCC1=C(C(=O)O)N2C(=O)[C@@H]3[C@H]2[C@H](C1)CN3C(=O)Nc1ccc(O)cc1.[H-].[Na+]. The Morgan fingerprint density at radius 2 is 1.93 bits per heavy atom. The maximum atomic E-state index is 12.7. The number of rotatable bonds is 4. The van der Waals surface area contributed by atoms with Crippen LogP contribution in [0.3, 0.4) is 0 Å². The van der Waals surface area contributed by atoms with Gasteiger partial charge in [-0.25, -0.2) is 14.4 Å². The summed E-state index contributed by atoms with van der Waals surface area (Å²) in [4.78, 5) is 50.6. The third-order valence-corrected chi connectivity index (χ3v) is 5.42. The number of hydrogen-bond donors (Lipinski definition) is 4. The van der Waals surface area contributed by atoms with Crippen LogP contribution in [0.4, 0.5) is 15.3 Å². The van der Waals surface area contributed by atoms with Gasteiger partial charge in [0.15, 0.2) is 0 Å². The van der Waals surface area contributed by atoms with E-state index in [-0.39, 0.29) is 73.5 Å². The van der Waals surface area contributed by atoms with Gasteiger partial charge >= 0.3 is 47.7 Å². The number of nitrogens with two attached hydrogens (primary N) is 1. The fraction of sp³-hybridized carbons (Fsp3) is 0.333. The van der Waals surface area contributed by atoms with Gasteiger partial charge in [0.05, 0.1) is 6.04 Å². The average molecular weight is 426 g/mol. The first-order chi connectivity index (χ1) is 13.8. The first-order valence-electron chi connectivity index (χ1n) is 8.85. The second-order valence-corrected chi connectivity index (χ2v) is 7.10. The van der Waals surface area contributed by atoms with Crippen LogP contribution in [0.25, 0.3) is 0 Å². The summed E-state index contributed by atoms with van der Waals surface area (Å²) in [7, 11) is 0. The first kappa shape index (κ1) is 21.9. The number of benzene rings is 1. The van der Waals surface area contributed by atoms with E-state index >= 15 is 0 Å². The van der Waals surface area contributed by atoms with Crippen molar-refractivity contribution >= 4 is 29.7 Å². The van der Waals surface area contributed by atoms with Crippen molar-refractivity contribution in [1.29, 1.82) is 0 Å². The number of nitrogens with zero attached hydrogens (tertiary/aromatic N) is 2. The summed E-state index contributed by atoms with van der Waals surface area (Å²) in [5.41, 5.74) is 5.49. The number of urea groups is 1. The number of carboxylic acids is 1. The fourth-order valence-electron chi connectivity index (χ4n) is 4.27. The van der Waals surface area contributed by atoms with Crippen molar-refractivity contribution in [2.75, 3.05) is 18.5 Å². The Kier molecular flexibility index (Phi) is 5.97. The predicted molar refractivity (Wildman–Crippen MR) is 97.7 cm³/mol. The molecule has 4 rings (SSSR count). The van der Waals surface area contributed by atoms with Gasteiger partial charge in [0.1, 0.15) is 24.1 Å². The van der Waals surface area contributed by atoms with Crippen LogP contribution in [-0.2, 0) is 14.3 Å². The number of nitrogens with one attached hydrogen (secondary N) is 1. The van der Waals surface area contributed by atoms with Gasteiger partial charge in [-0.05, 0) is 36.3 Å². The molecule has 0 aliphatic carbocycles. The predicted octanol–water partition coefficient (Wildman–Crippen LogP) is -2.61. The topological polar surface area (TPSA) is 162 Å². The van der Waals surface area contributed by atoms with Crippen LogP contribution >= 0.6 is 0 Å². The summed E-state index contributed by atoms with van der Waals surface area (Å²) in [5, 5.41) is 21.6. The fourth-order valence-corrected chi connectivity index (χ4v) is 4.27. The molecule has 2 saturated heterocycles. The van der Waals surface area contributed by atoms with Gasteiger partial charge in [0.25, 0.3) is 5.91 Å². The summed E-state index contributed by atoms with van der Waals surface area (Å²) in [6.45, 7) is -0.0806. The van der Waals surface area contributed by atoms with Crippen LogP contribution in [0.5, 0.6) is 5.75 Å². The van der Waals surface area contributed by atoms with E-state index in [1.165, 1.54) is 34.1 Å². The van der Waals surface area contributed by atoms with E-state index < -0.39 is 36.1 Å². The third kappa shape index (κ3) is 3.59. The number of hydrogen-bond acceptors (Lipinski definition) is 6. The molecule has 3 aliphatic heterocycles. The van der Waals surface area contributed by atoms with Crippen molar-refractivity contribution in [2.24, 2.45) is 11.7 Å². The zero-order chi connectivity index (χ0) is 20.9. The maximum absolute atomic E-state index is 12.7. The molecule has 1 aromatic carbocycles. The number of β-lactam (4-membered cyclic amide) rings is 1. The quantitative estimate of drug-likeness (QED) is 0.233. The number of phenolic OH excluding ortho intramolecular Hbond substituents is 1. The van der Waals surface area contributed by atoms with E-state index in [0.29, 0.717) is 5.69 Å². The summed E-state index contributed by atoms with van der Waals surface area (Å²) in [5.74, 6) is -1.92. The number of aromatic hydroxyl groups is 1. The van der Waals surface area contributed by atoms with Crippen molar-refractivity contribution < 1.29 is 65.1 Å². The number of carboxylic acid groups (broad SMARTS) is 1. The smallest absolute Gasteiger partial charge is 1.00 e. The molecule has 0 radical (unpaired) electrons. The molecule has 4 amide bonds. The Labute approximate surface area is 194 Å². The average Bonchev–Trinajstić information content (AvgIpc) is 3.03. The molecule has 12 heteroatoms. The Hall–Kier alpha value is -2.76. The van der Waals surface area contributed by atoms with Gasteiger partial charge in [-0.2, -0.15) is 0 Å². The molecular weight excluding hydrogens is 407 g/mol. The number of carbonyl (C=O) groups is 4. The minimum absolute atomic E-state index is 0. The molecule has 3 heterocycles. The zero-order valence-corrected chi connectivity index (χ0v) is 18.1. The Balaban J connectivity index is 0.00000171. The summed E-state index contributed by atoms with van der Waals surface area (Å²) in [6, 6.07) is 4.22. The molecule has 0 spiro atoms. The number of primary amides is 1. The number of amides is 4. The Morgan fingerprint density at radius 3 is 2.53 bits per heavy atom. The van der Waals surface area contributed by atoms with E-state index in [2.05, 4.69) is 5.32 Å². The minimum Gasteiger partial charge on any atom is -1.00 e. The molecule has 30 heavy (non-hydrogen) atoms. The van der Waals surface area contributed by atoms with Gasteiger partial charge in [0.2, 0.25) is 0 Å². The first-order valence-corrected chi connectivity index (χ1v) is 8.85. The van der Waals surface area contributed by atoms with Crippen molar-refractivity contribution in [2.45, 2.75) is 18.5 Å². The molecule has 3 atom stereocenters. The normalized spacial score (nSPS) is 23.9. The second kappa shape index (κ2) is 8.17. The third-order valence-electron chi connectivity index (χ3n) is 5.42. The van der Waals surface area contributed by atoms with Crippen LogP contribution in [0.2, 0.25) is 0 Å². The van der Waals surface area contributed by atoms with E-state index in [9.17, 15) is 29.4 Å². The van der Waals surface area contributed by atoms with Gasteiger partial charge < -0.3 is 32.3 Å². The summed E-state index contributed by atoms with van der Waals surface area (Å²) < 4.78 is 4.74. The molecular formula is C18H19N4NaO7. The molecule has 154 valence electrons. The number of aliphatic carboxylic acids is 1. The van der Waals surface area contributed by atoms with E-state index in [1.807, 2.05) is 0 Å². The molecule has 11 nitrogen and oxygen atoms in total. The number of anilines is 1. The number of carbonyl (C=O) groups excluding carboxylic acids is 3. The monoisotopic (exact) mass is 426 g/mol. The van der Waals surface area contributed by atoms with Crippen molar-refractivity contribution in [3.05, 3.63) is 35.5 Å². The van der Waals surface area contributed by atoms with Crippen LogP contribution in [0.1, 0.15) is 7.85 Å². The van der Waals surface area contributed by atoms with Gasteiger partial charge in [0, 0.05) is 18.2 Å². The molecule has 0 aromatic heterocycles. The van der Waals surface area contributed by atoms with E-state index in [0.717, 1.165) is 0 Å². The largest absolute Gasteiger partial charge is 1.00 e. The molecule has 2 fully saturated rings. The van der Waals surface area contributed by atoms with Gasteiger partial charge in [-0.15, -0.1) is 0 Å².